The lowest BCUT2D eigenvalue weighted by atomic mass is 10.1. The summed E-state index contributed by atoms with van der Waals surface area (Å²) in [5.74, 6) is 0.0883. The SMILES string of the molecule is O=C(Cc1ccccc1)NC[C@@H](c1cccs1)[NH+]1CCOCC1. The third-order valence-electron chi connectivity index (χ3n) is 4.23. The lowest BCUT2D eigenvalue weighted by Crippen LogP contribution is -3.15. The Morgan fingerprint density at radius 2 is 1.96 bits per heavy atom. The molecule has 2 aromatic rings. The highest BCUT2D eigenvalue weighted by molar-refractivity contribution is 7.10. The summed E-state index contributed by atoms with van der Waals surface area (Å²) in [5, 5.41) is 5.23. The second-order valence-corrected chi connectivity index (χ2v) is 6.78. The van der Waals surface area contributed by atoms with E-state index in [4.69, 9.17) is 4.74 Å². The van der Waals surface area contributed by atoms with E-state index >= 15 is 0 Å². The van der Waals surface area contributed by atoms with Crippen LogP contribution < -0.4 is 10.2 Å². The van der Waals surface area contributed by atoms with Crippen LogP contribution in [0.25, 0.3) is 0 Å². The number of quaternary nitrogens is 1. The van der Waals surface area contributed by atoms with Crippen molar-refractivity contribution in [3.05, 3.63) is 58.3 Å². The van der Waals surface area contributed by atoms with Crippen molar-refractivity contribution in [3.63, 3.8) is 0 Å². The number of thiophene rings is 1. The molecule has 1 aromatic carbocycles. The molecule has 23 heavy (non-hydrogen) atoms. The molecule has 122 valence electrons. The molecule has 2 N–H and O–H groups in total. The topological polar surface area (TPSA) is 42.8 Å². The minimum Gasteiger partial charge on any atom is -0.370 e. The van der Waals surface area contributed by atoms with E-state index in [1.54, 1.807) is 11.3 Å². The van der Waals surface area contributed by atoms with Gasteiger partial charge in [-0.2, -0.15) is 0 Å². The van der Waals surface area contributed by atoms with E-state index < -0.39 is 0 Å². The summed E-state index contributed by atoms with van der Waals surface area (Å²) >= 11 is 1.77. The molecule has 0 radical (unpaired) electrons. The van der Waals surface area contributed by atoms with Crippen molar-refractivity contribution in [1.29, 1.82) is 0 Å². The number of hydrogen-bond acceptors (Lipinski definition) is 3. The fraction of sp³-hybridized carbons (Fsp3) is 0.389. The highest BCUT2D eigenvalue weighted by Gasteiger charge is 2.27. The van der Waals surface area contributed by atoms with Gasteiger partial charge in [-0.15, -0.1) is 11.3 Å². The first-order valence-corrected chi connectivity index (χ1v) is 8.97. The Morgan fingerprint density at radius 1 is 1.17 bits per heavy atom. The van der Waals surface area contributed by atoms with Gasteiger partial charge in [0.1, 0.15) is 19.1 Å². The van der Waals surface area contributed by atoms with E-state index in [0.717, 1.165) is 31.9 Å². The average Bonchev–Trinajstić information content (AvgIpc) is 3.11. The largest absolute Gasteiger partial charge is 0.370 e. The van der Waals surface area contributed by atoms with Crippen LogP contribution in [0, 0.1) is 0 Å². The van der Waals surface area contributed by atoms with Crippen molar-refractivity contribution in [3.8, 4) is 0 Å². The lowest BCUT2D eigenvalue weighted by molar-refractivity contribution is -0.937. The Kier molecular flexibility index (Phi) is 5.80. The van der Waals surface area contributed by atoms with Gasteiger partial charge in [0.25, 0.3) is 0 Å². The van der Waals surface area contributed by atoms with Crippen LogP contribution in [0.15, 0.2) is 47.8 Å². The van der Waals surface area contributed by atoms with E-state index in [1.807, 2.05) is 30.3 Å². The van der Waals surface area contributed by atoms with Crippen LogP contribution in [0.5, 0.6) is 0 Å². The molecule has 1 aromatic heterocycles. The third-order valence-corrected chi connectivity index (χ3v) is 5.21. The van der Waals surface area contributed by atoms with Crippen LogP contribution in [0.1, 0.15) is 16.5 Å². The maximum absolute atomic E-state index is 12.2. The van der Waals surface area contributed by atoms with Crippen LogP contribution in [0.3, 0.4) is 0 Å². The summed E-state index contributed by atoms with van der Waals surface area (Å²) < 4.78 is 5.47. The number of nitrogens with one attached hydrogen (secondary N) is 2. The van der Waals surface area contributed by atoms with Gasteiger partial charge >= 0.3 is 0 Å². The van der Waals surface area contributed by atoms with Crippen molar-refractivity contribution < 1.29 is 14.4 Å². The molecule has 1 amide bonds. The maximum atomic E-state index is 12.2. The van der Waals surface area contributed by atoms with Crippen LogP contribution in [-0.2, 0) is 16.0 Å². The molecule has 0 aliphatic carbocycles. The Hall–Kier alpha value is -1.69. The van der Waals surface area contributed by atoms with Crippen LogP contribution in [-0.4, -0.2) is 38.8 Å². The van der Waals surface area contributed by atoms with Gasteiger partial charge in [-0.3, -0.25) is 4.79 Å². The second-order valence-electron chi connectivity index (χ2n) is 5.81. The predicted molar refractivity (Wildman–Crippen MR) is 91.7 cm³/mol. The van der Waals surface area contributed by atoms with E-state index in [-0.39, 0.29) is 5.91 Å². The van der Waals surface area contributed by atoms with Crippen molar-refractivity contribution in [2.75, 3.05) is 32.8 Å². The third kappa shape index (κ3) is 4.64. The van der Waals surface area contributed by atoms with E-state index in [9.17, 15) is 4.79 Å². The average molecular weight is 331 g/mol. The molecule has 0 spiro atoms. The van der Waals surface area contributed by atoms with Crippen molar-refractivity contribution >= 4 is 17.2 Å². The van der Waals surface area contributed by atoms with Gasteiger partial charge in [0, 0.05) is 0 Å². The van der Waals surface area contributed by atoms with Gasteiger partial charge in [0.15, 0.2) is 0 Å². The standard InChI is InChI=1S/C18H22N2O2S/c21-18(13-15-5-2-1-3-6-15)19-14-16(17-7-4-12-23-17)20-8-10-22-11-9-20/h1-7,12,16H,8-11,13-14H2,(H,19,21)/p+1/t16-/m0/s1. The number of rotatable bonds is 6. The predicted octanol–water partition coefficient (Wildman–Crippen LogP) is 1.06. The molecule has 4 nitrogen and oxygen atoms in total. The molecule has 0 bridgehead atoms. The first-order chi connectivity index (χ1) is 11.3. The lowest BCUT2D eigenvalue weighted by Gasteiger charge is -2.31. The molecular formula is C18H23N2O2S+. The molecule has 1 aliphatic rings. The van der Waals surface area contributed by atoms with Gasteiger partial charge in [0.2, 0.25) is 5.91 Å². The second kappa shape index (κ2) is 8.24. The van der Waals surface area contributed by atoms with E-state index in [0.29, 0.717) is 19.0 Å². The molecule has 1 aliphatic heterocycles. The van der Waals surface area contributed by atoms with E-state index in [1.165, 1.54) is 9.78 Å². The van der Waals surface area contributed by atoms with Crippen LogP contribution >= 0.6 is 11.3 Å². The Bertz CT molecular complexity index is 595. The van der Waals surface area contributed by atoms with Crippen LogP contribution in [0.4, 0.5) is 0 Å². The van der Waals surface area contributed by atoms with Crippen molar-refractivity contribution in [2.24, 2.45) is 0 Å². The number of benzene rings is 1. The molecule has 0 saturated carbocycles. The van der Waals surface area contributed by atoms with E-state index in [2.05, 4.69) is 22.8 Å². The zero-order valence-electron chi connectivity index (χ0n) is 13.2. The smallest absolute Gasteiger partial charge is 0.224 e. The molecule has 1 atom stereocenters. The number of carbonyl (C=O) groups excluding carboxylic acids is 1. The summed E-state index contributed by atoms with van der Waals surface area (Å²) in [4.78, 5) is 15.1. The molecule has 5 heteroatoms. The fourth-order valence-corrected chi connectivity index (χ4v) is 3.86. The van der Waals surface area contributed by atoms with Crippen molar-refractivity contribution in [2.45, 2.75) is 12.5 Å². The number of morpholine rings is 1. The normalized spacial score (nSPS) is 16.9. The zero-order chi connectivity index (χ0) is 15.9. The summed E-state index contributed by atoms with van der Waals surface area (Å²) in [6.07, 6.45) is 0.441. The first-order valence-electron chi connectivity index (χ1n) is 8.09. The highest BCUT2D eigenvalue weighted by atomic mass is 32.1. The first kappa shape index (κ1) is 16.2. The maximum Gasteiger partial charge on any atom is 0.224 e. The minimum absolute atomic E-state index is 0.0883. The summed E-state index contributed by atoms with van der Waals surface area (Å²) in [6.45, 7) is 4.28. The Balaban J connectivity index is 1.59. The van der Waals surface area contributed by atoms with Crippen LogP contribution in [0.2, 0.25) is 0 Å². The van der Waals surface area contributed by atoms with Gasteiger partial charge in [-0.1, -0.05) is 36.4 Å². The summed E-state index contributed by atoms with van der Waals surface area (Å²) in [5.41, 5.74) is 1.05. The number of ether oxygens (including phenoxy) is 1. The molecule has 0 unspecified atom stereocenters. The van der Waals surface area contributed by atoms with Crippen molar-refractivity contribution in [1.82, 2.24) is 5.32 Å². The molecule has 2 heterocycles. The Morgan fingerprint density at radius 3 is 2.65 bits per heavy atom. The molecular weight excluding hydrogens is 308 g/mol. The molecule has 3 rings (SSSR count). The van der Waals surface area contributed by atoms with Gasteiger partial charge in [-0.25, -0.2) is 0 Å². The van der Waals surface area contributed by atoms with Gasteiger partial charge < -0.3 is 15.0 Å². The number of amides is 1. The van der Waals surface area contributed by atoms with Gasteiger partial charge in [-0.05, 0) is 17.0 Å². The summed E-state index contributed by atoms with van der Waals surface area (Å²) in [7, 11) is 0. The Labute approximate surface area is 141 Å². The number of hydrogen-bond donors (Lipinski definition) is 2. The monoisotopic (exact) mass is 331 g/mol. The minimum atomic E-state index is 0.0883. The molecule has 1 fully saturated rings. The highest BCUT2D eigenvalue weighted by Crippen LogP contribution is 2.16. The fourth-order valence-electron chi connectivity index (χ4n) is 2.98. The quantitative estimate of drug-likeness (QED) is 0.831. The van der Waals surface area contributed by atoms with Gasteiger partial charge in [0.05, 0.1) is 31.1 Å². The number of carbonyl (C=O) groups is 1. The molecule has 1 saturated heterocycles. The summed E-state index contributed by atoms with van der Waals surface area (Å²) in [6, 6.07) is 14.4. The zero-order valence-corrected chi connectivity index (χ0v) is 14.0.